The maximum Gasteiger partial charge on any atom is 0.296 e. The Hall–Kier alpha value is -1.01. The molecule has 0 amide bonds. The highest BCUT2D eigenvalue weighted by molar-refractivity contribution is 7.86. The molecule has 0 heterocycles. The van der Waals surface area contributed by atoms with Crippen LogP contribution in [0.2, 0.25) is 0 Å². The van der Waals surface area contributed by atoms with Gasteiger partial charge in [-0.3, -0.25) is 4.18 Å². The molecule has 0 radical (unpaired) electrons. The van der Waals surface area contributed by atoms with Crippen LogP contribution >= 0.6 is 0 Å². The minimum Gasteiger partial charge on any atom is -0.266 e. The smallest absolute Gasteiger partial charge is 0.266 e. The van der Waals surface area contributed by atoms with E-state index in [9.17, 15) is 17.2 Å². The highest BCUT2D eigenvalue weighted by Gasteiger charge is 2.32. The van der Waals surface area contributed by atoms with Crippen molar-refractivity contribution < 1.29 is 21.4 Å². The molecule has 6 heteroatoms. The first-order valence-electron chi connectivity index (χ1n) is 5.39. The summed E-state index contributed by atoms with van der Waals surface area (Å²) in [6.45, 7) is 3.77. The molecule has 18 heavy (non-hydrogen) atoms. The summed E-state index contributed by atoms with van der Waals surface area (Å²) in [6, 6.07) is 6.02. The zero-order chi connectivity index (χ0) is 14.0. The molecule has 0 saturated heterocycles. The highest BCUT2D eigenvalue weighted by atomic mass is 32.2. The van der Waals surface area contributed by atoms with Crippen LogP contribution in [0.15, 0.2) is 29.2 Å². The molecule has 0 aliphatic heterocycles. The van der Waals surface area contributed by atoms with Crippen LogP contribution in [0.5, 0.6) is 0 Å². The van der Waals surface area contributed by atoms with Crippen molar-refractivity contribution in [3.05, 3.63) is 29.8 Å². The van der Waals surface area contributed by atoms with Crippen molar-refractivity contribution >= 4 is 10.1 Å². The lowest BCUT2D eigenvalue weighted by Crippen LogP contribution is -2.29. The third-order valence-electron chi connectivity index (χ3n) is 2.49. The molecule has 0 atom stereocenters. The van der Waals surface area contributed by atoms with E-state index in [1.165, 1.54) is 26.0 Å². The summed E-state index contributed by atoms with van der Waals surface area (Å²) in [6.07, 6.45) is -2.65. The van der Waals surface area contributed by atoms with Crippen LogP contribution in [0.25, 0.3) is 0 Å². The molecule has 0 bridgehead atoms. The molecule has 3 nitrogen and oxygen atoms in total. The highest BCUT2D eigenvalue weighted by Crippen LogP contribution is 2.26. The van der Waals surface area contributed by atoms with Crippen molar-refractivity contribution in [1.29, 1.82) is 0 Å². The molecular formula is C12H16F2O3S. The summed E-state index contributed by atoms with van der Waals surface area (Å²) < 4.78 is 53.3. The first kappa shape index (κ1) is 15.0. The van der Waals surface area contributed by atoms with Gasteiger partial charge >= 0.3 is 0 Å². The Morgan fingerprint density at radius 1 is 1.22 bits per heavy atom. The van der Waals surface area contributed by atoms with Crippen molar-refractivity contribution in [2.75, 3.05) is 6.61 Å². The molecule has 0 aliphatic rings. The summed E-state index contributed by atoms with van der Waals surface area (Å²) in [7, 11) is -3.98. The van der Waals surface area contributed by atoms with Crippen molar-refractivity contribution in [1.82, 2.24) is 0 Å². The number of alkyl halides is 2. The van der Waals surface area contributed by atoms with Gasteiger partial charge in [0.25, 0.3) is 10.1 Å². The van der Waals surface area contributed by atoms with E-state index in [2.05, 4.69) is 4.18 Å². The maximum atomic E-state index is 12.6. The molecule has 0 unspecified atom stereocenters. The van der Waals surface area contributed by atoms with Crippen LogP contribution in [-0.2, 0) is 14.3 Å². The quantitative estimate of drug-likeness (QED) is 0.778. The van der Waals surface area contributed by atoms with Gasteiger partial charge in [0.2, 0.25) is 6.43 Å². The molecule has 0 N–H and O–H groups in total. The Balaban J connectivity index is 2.81. The third kappa shape index (κ3) is 3.74. The zero-order valence-corrected chi connectivity index (χ0v) is 11.3. The van der Waals surface area contributed by atoms with Gasteiger partial charge in [-0.1, -0.05) is 31.5 Å². The van der Waals surface area contributed by atoms with Crippen LogP contribution in [0.4, 0.5) is 8.78 Å². The van der Waals surface area contributed by atoms with E-state index < -0.39 is 28.6 Å². The fourth-order valence-corrected chi connectivity index (χ4v) is 2.13. The van der Waals surface area contributed by atoms with Gasteiger partial charge in [-0.2, -0.15) is 8.42 Å². The summed E-state index contributed by atoms with van der Waals surface area (Å²) in [4.78, 5) is -0.0295. The van der Waals surface area contributed by atoms with Gasteiger partial charge in [0.1, 0.15) is 0 Å². The topological polar surface area (TPSA) is 43.4 Å². The third-order valence-corrected chi connectivity index (χ3v) is 3.76. The molecule has 0 saturated carbocycles. The largest absolute Gasteiger partial charge is 0.296 e. The van der Waals surface area contributed by atoms with E-state index >= 15 is 0 Å². The van der Waals surface area contributed by atoms with E-state index in [4.69, 9.17) is 0 Å². The van der Waals surface area contributed by atoms with Gasteiger partial charge in [0, 0.05) is 0 Å². The first-order valence-corrected chi connectivity index (χ1v) is 6.80. The standard InChI is InChI=1S/C12H16F2O3S/c1-9-4-6-10(7-5-9)18(15,16)17-8-12(2,3)11(13)14/h4-7,11H,8H2,1-3H3. The lowest BCUT2D eigenvalue weighted by atomic mass is 9.96. The fraction of sp³-hybridized carbons (Fsp3) is 0.500. The Morgan fingerprint density at radius 2 is 1.72 bits per heavy atom. The number of rotatable bonds is 5. The van der Waals surface area contributed by atoms with Crippen LogP contribution in [-0.4, -0.2) is 21.5 Å². The van der Waals surface area contributed by atoms with E-state index in [0.717, 1.165) is 5.56 Å². The molecule has 1 aromatic carbocycles. The van der Waals surface area contributed by atoms with Crippen LogP contribution in [0, 0.1) is 12.3 Å². The van der Waals surface area contributed by atoms with Gasteiger partial charge in [0.15, 0.2) is 0 Å². The molecule has 0 spiro atoms. The van der Waals surface area contributed by atoms with Crippen molar-refractivity contribution in [2.24, 2.45) is 5.41 Å². The van der Waals surface area contributed by atoms with Crippen molar-refractivity contribution in [2.45, 2.75) is 32.1 Å². The maximum absolute atomic E-state index is 12.6. The fourth-order valence-electron chi connectivity index (χ4n) is 1.07. The van der Waals surface area contributed by atoms with E-state index in [0.29, 0.717) is 0 Å². The zero-order valence-electron chi connectivity index (χ0n) is 10.5. The molecule has 102 valence electrons. The molecule has 0 aliphatic carbocycles. The van der Waals surface area contributed by atoms with Crippen molar-refractivity contribution in [3.63, 3.8) is 0 Å². The Bertz CT molecular complexity index is 493. The van der Waals surface area contributed by atoms with E-state index in [-0.39, 0.29) is 4.90 Å². The van der Waals surface area contributed by atoms with Gasteiger partial charge in [-0.25, -0.2) is 8.78 Å². The minimum absolute atomic E-state index is 0.0295. The number of benzene rings is 1. The van der Waals surface area contributed by atoms with Gasteiger partial charge < -0.3 is 0 Å². The monoisotopic (exact) mass is 278 g/mol. The molecule has 1 rings (SSSR count). The van der Waals surface area contributed by atoms with Crippen molar-refractivity contribution in [3.8, 4) is 0 Å². The lowest BCUT2D eigenvalue weighted by molar-refractivity contribution is -0.00885. The second-order valence-corrected chi connectivity index (χ2v) is 6.43. The SMILES string of the molecule is Cc1ccc(S(=O)(=O)OCC(C)(C)C(F)F)cc1. The molecular weight excluding hydrogens is 262 g/mol. The summed E-state index contributed by atoms with van der Waals surface area (Å²) in [5, 5.41) is 0. The predicted octanol–water partition coefficient (Wildman–Crippen LogP) is 2.99. The Morgan fingerprint density at radius 3 is 2.17 bits per heavy atom. The second-order valence-electron chi connectivity index (χ2n) is 4.82. The van der Waals surface area contributed by atoms with Gasteiger partial charge in [-0.15, -0.1) is 0 Å². The first-order chi connectivity index (χ1) is 8.15. The lowest BCUT2D eigenvalue weighted by Gasteiger charge is -2.22. The summed E-state index contributed by atoms with van der Waals surface area (Å²) in [5.74, 6) is 0. The van der Waals surface area contributed by atoms with E-state index in [1.54, 1.807) is 12.1 Å². The number of hydrogen-bond acceptors (Lipinski definition) is 3. The summed E-state index contributed by atoms with van der Waals surface area (Å²) >= 11 is 0. The van der Waals surface area contributed by atoms with E-state index in [1.807, 2.05) is 6.92 Å². The Labute approximate surface area is 106 Å². The number of aryl methyl sites for hydroxylation is 1. The minimum atomic E-state index is -3.98. The van der Waals surface area contributed by atoms with Crippen LogP contribution in [0.3, 0.4) is 0 Å². The molecule has 1 aromatic rings. The normalized spacial score (nSPS) is 13.0. The average Bonchev–Trinajstić information content (AvgIpc) is 2.27. The van der Waals surface area contributed by atoms with Gasteiger partial charge in [0.05, 0.1) is 16.9 Å². The molecule has 0 fully saturated rings. The van der Waals surface area contributed by atoms with Crippen LogP contribution < -0.4 is 0 Å². The predicted molar refractivity (Wildman–Crippen MR) is 64.1 cm³/mol. The molecule has 0 aromatic heterocycles. The number of hydrogen-bond donors (Lipinski definition) is 0. The van der Waals surface area contributed by atoms with Gasteiger partial charge in [-0.05, 0) is 19.1 Å². The number of halogens is 2. The summed E-state index contributed by atoms with van der Waals surface area (Å²) in [5.41, 5.74) is -0.598. The van der Waals surface area contributed by atoms with Crippen LogP contribution in [0.1, 0.15) is 19.4 Å². The average molecular weight is 278 g/mol. The second kappa shape index (κ2) is 5.32. The Kier molecular flexibility index (Phi) is 4.45.